The Hall–Kier alpha value is -3.50. The number of nitrogens with zero attached hydrogens (tertiary/aromatic N) is 1. The van der Waals surface area contributed by atoms with Crippen LogP contribution in [0.25, 0.3) is 0 Å². The number of nitrogens with one attached hydrogen (secondary N) is 3. The highest BCUT2D eigenvalue weighted by Crippen LogP contribution is 2.36. The van der Waals surface area contributed by atoms with E-state index in [0.29, 0.717) is 0 Å². The SMILES string of the molecule is C[C@H](NC(=O)O)[C@H](Nc1nc(Nc2ccc(F)c(F)c2)c(C(N)=O)cc1F)C1CC1. The molecule has 1 saturated carbocycles. The Morgan fingerprint density at radius 1 is 1.13 bits per heavy atom. The molecule has 0 unspecified atom stereocenters. The monoisotopic (exact) mass is 423 g/mol. The van der Waals surface area contributed by atoms with Crippen LogP contribution in [0.3, 0.4) is 0 Å². The lowest BCUT2D eigenvalue weighted by atomic mass is 10.0. The summed E-state index contributed by atoms with van der Waals surface area (Å²) in [6.45, 7) is 1.64. The van der Waals surface area contributed by atoms with Gasteiger partial charge in [0.2, 0.25) is 0 Å². The number of benzene rings is 1. The molecule has 0 saturated heterocycles. The molecule has 6 N–H and O–H groups in total. The number of hydrogen-bond acceptors (Lipinski definition) is 5. The molecular formula is C19H20F3N5O3. The third kappa shape index (κ3) is 4.91. The highest BCUT2D eigenvalue weighted by atomic mass is 19.2. The molecule has 2 amide bonds. The van der Waals surface area contributed by atoms with Gasteiger partial charge in [-0.05, 0) is 43.9 Å². The third-order valence-electron chi connectivity index (χ3n) is 4.75. The number of primary amides is 1. The van der Waals surface area contributed by atoms with E-state index < -0.39 is 41.5 Å². The molecule has 2 atom stereocenters. The third-order valence-corrected chi connectivity index (χ3v) is 4.75. The Morgan fingerprint density at radius 2 is 1.83 bits per heavy atom. The minimum absolute atomic E-state index is 0.0705. The second-order valence-electron chi connectivity index (χ2n) is 7.08. The van der Waals surface area contributed by atoms with Crippen LogP contribution in [0.15, 0.2) is 24.3 Å². The predicted octanol–water partition coefficient (Wildman–Crippen LogP) is 3.19. The zero-order chi connectivity index (χ0) is 22.0. The molecule has 1 aliphatic carbocycles. The van der Waals surface area contributed by atoms with E-state index in [1.807, 2.05) is 0 Å². The average Bonchev–Trinajstić information content (AvgIpc) is 3.48. The summed E-state index contributed by atoms with van der Waals surface area (Å²) in [6, 6.07) is 2.83. The van der Waals surface area contributed by atoms with Crippen LogP contribution in [-0.4, -0.2) is 34.2 Å². The average molecular weight is 423 g/mol. The van der Waals surface area contributed by atoms with Crippen molar-refractivity contribution >= 4 is 29.3 Å². The zero-order valence-electron chi connectivity index (χ0n) is 15.9. The maximum absolute atomic E-state index is 14.6. The Bertz CT molecular complexity index is 984. The van der Waals surface area contributed by atoms with Crippen molar-refractivity contribution in [3.63, 3.8) is 0 Å². The van der Waals surface area contributed by atoms with Gasteiger partial charge in [0.1, 0.15) is 5.82 Å². The summed E-state index contributed by atoms with van der Waals surface area (Å²) in [7, 11) is 0. The summed E-state index contributed by atoms with van der Waals surface area (Å²) >= 11 is 0. The van der Waals surface area contributed by atoms with Gasteiger partial charge in [-0.25, -0.2) is 22.9 Å². The maximum atomic E-state index is 14.6. The lowest BCUT2D eigenvalue weighted by molar-refractivity contribution is 0.1000. The van der Waals surface area contributed by atoms with E-state index in [1.54, 1.807) is 6.92 Å². The number of aromatic nitrogens is 1. The van der Waals surface area contributed by atoms with Crippen LogP contribution in [0.4, 0.5) is 35.3 Å². The van der Waals surface area contributed by atoms with Crippen molar-refractivity contribution in [3.8, 4) is 0 Å². The van der Waals surface area contributed by atoms with Gasteiger partial charge < -0.3 is 26.8 Å². The second kappa shape index (κ2) is 8.47. The summed E-state index contributed by atoms with van der Waals surface area (Å²) in [5, 5.41) is 16.8. The number of carbonyl (C=O) groups excluding carboxylic acids is 1. The molecule has 1 heterocycles. The number of anilines is 3. The molecule has 11 heteroatoms. The normalized spacial score (nSPS) is 15.2. The molecule has 8 nitrogen and oxygen atoms in total. The molecular weight excluding hydrogens is 403 g/mol. The Balaban J connectivity index is 1.92. The topological polar surface area (TPSA) is 129 Å². The largest absolute Gasteiger partial charge is 0.465 e. The van der Waals surface area contributed by atoms with Crippen molar-refractivity contribution in [3.05, 3.63) is 47.3 Å². The van der Waals surface area contributed by atoms with Gasteiger partial charge in [0.05, 0.1) is 11.6 Å². The first-order valence-electron chi connectivity index (χ1n) is 9.14. The lowest BCUT2D eigenvalue weighted by Crippen LogP contribution is -2.45. The minimum atomic E-state index is -1.21. The standard InChI is InChI=1S/C19H20F3N5O3/c1-8(24-19(29)30)15(9-2-3-9)26-18-14(22)7-11(16(23)28)17(27-18)25-10-4-5-12(20)13(21)6-10/h4-9,15,24H,2-3H2,1H3,(H2,23,28)(H,29,30)(H2,25,26,27)/t8-,15-/m0/s1. The maximum Gasteiger partial charge on any atom is 0.404 e. The molecule has 0 radical (unpaired) electrons. The van der Waals surface area contributed by atoms with Gasteiger partial charge in [0, 0.05) is 17.8 Å². The highest BCUT2D eigenvalue weighted by Gasteiger charge is 2.36. The van der Waals surface area contributed by atoms with E-state index in [2.05, 4.69) is 20.9 Å². The quantitative estimate of drug-likeness (QED) is 0.443. The number of nitrogens with two attached hydrogens (primary N) is 1. The number of amides is 2. The van der Waals surface area contributed by atoms with Crippen LogP contribution in [0.1, 0.15) is 30.1 Å². The number of rotatable bonds is 8. The van der Waals surface area contributed by atoms with E-state index in [0.717, 1.165) is 31.0 Å². The molecule has 1 fully saturated rings. The zero-order valence-corrected chi connectivity index (χ0v) is 15.9. The van der Waals surface area contributed by atoms with Gasteiger partial charge in [-0.15, -0.1) is 0 Å². The molecule has 1 aromatic heterocycles. The summed E-state index contributed by atoms with van der Waals surface area (Å²) in [5.74, 6) is -4.30. The number of halogens is 3. The van der Waals surface area contributed by atoms with E-state index in [4.69, 9.17) is 10.8 Å². The first-order chi connectivity index (χ1) is 14.2. The van der Waals surface area contributed by atoms with Crippen LogP contribution in [-0.2, 0) is 0 Å². The molecule has 0 spiro atoms. The van der Waals surface area contributed by atoms with Crippen LogP contribution in [0.5, 0.6) is 0 Å². The van der Waals surface area contributed by atoms with E-state index in [9.17, 15) is 22.8 Å². The Morgan fingerprint density at radius 3 is 2.40 bits per heavy atom. The van der Waals surface area contributed by atoms with Gasteiger partial charge in [-0.1, -0.05) is 0 Å². The van der Waals surface area contributed by atoms with Gasteiger partial charge in [0.15, 0.2) is 23.3 Å². The summed E-state index contributed by atoms with van der Waals surface area (Å²) in [6.07, 6.45) is 0.460. The first-order valence-corrected chi connectivity index (χ1v) is 9.14. The predicted molar refractivity (Wildman–Crippen MR) is 103 cm³/mol. The minimum Gasteiger partial charge on any atom is -0.465 e. The van der Waals surface area contributed by atoms with Gasteiger partial charge >= 0.3 is 6.09 Å². The highest BCUT2D eigenvalue weighted by molar-refractivity contribution is 5.98. The van der Waals surface area contributed by atoms with Crippen molar-refractivity contribution in [1.82, 2.24) is 10.3 Å². The Labute approximate surface area is 169 Å². The van der Waals surface area contributed by atoms with Gasteiger partial charge in [-0.2, -0.15) is 0 Å². The smallest absolute Gasteiger partial charge is 0.404 e. The molecule has 1 aromatic carbocycles. The van der Waals surface area contributed by atoms with Gasteiger partial charge in [0.25, 0.3) is 5.91 Å². The molecule has 160 valence electrons. The molecule has 30 heavy (non-hydrogen) atoms. The van der Waals surface area contributed by atoms with E-state index in [1.165, 1.54) is 6.07 Å². The van der Waals surface area contributed by atoms with E-state index >= 15 is 0 Å². The molecule has 0 aliphatic heterocycles. The van der Waals surface area contributed by atoms with Crippen molar-refractivity contribution in [1.29, 1.82) is 0 Å². The van der Waals surface area contributed by atoms with Crippen LogP contribution in [0.2, 0.25) is 0 Å². The van der Waals surface area contributed by atoms with Crippen molar-refractivity contribution in [2.24, 2.45) is 11.7 Å². The molecule has 3 rings (SSSR count). The van der Waals surface area contributed by atoms with Crippen molar-refractivity contribution in [2.45, 2.75) is 31.8 Å². The molecule has 2 aromatic rings. The number of pyridine rings is 1. The van der Waals surface area contributed by atoms with Crippen LogP contribution >= 0.6 is 0 Å². The summed E-state index contributed by atoms with van der Waals surface area (Å²) in [5.41, 5.74) is 5.07. The summed E-state index contributed by atoms with van der Waals surface area (Å²) < 4.78 is 41.3. The van der Waals surface area contributed by atoms with E-state index in [-0.39, 0.29) is 28.8 Å². The number of carboxylic acid groups (broad SMARTS) is 1. The van der Waals surface area contributed by atoms with Crippen LogP contribution in [0, 0.1) is 23.4 Å². The number of hydrogen-bond donors (Lipinski definition) is 5. The fraction of sp³-hybridized carbons (Fsp3) is 0.316. The second-order valence-corrected chi connectivity index (χ2v) is 7.08. The van der Waals surface area contributed by atoms with Gasteiger partial charge in [-0.3, -0.25) is 4.79 Å². The van der Waals surface area contributed by atoms with Crippen molar-refractivity contribution < 1.29 is 27.9 Å². The summed E-state index contributed by atoms with van der Waals surface area (Å²) in [4.78, 5) is 26.7. The van der Waals surface area contributed by atoms with Crippen molar-refractivity contribution in [2.75, 3.05) is 10.6 Å². The fourth-order valence-corrected chi connectivity index (χ4v) is 3.13. The fourth-order valence-electron chi connectivity index (χ4n) is 3.13. The van der Waals surface area contributed by atoms with Crippen LogP contribution < -0.4 is 21.7 Å². The number of carbonyl (C=O) groups is 2. The Kier molecular flexibility index (Phi) is 5.99. The molecule has 0 bridgehead atoms. The molecule has 1 aliphatic rings. The lowest BCUT2D eigenvalue weighted by Gasteiger charge is -2.26. The first kappa shape index (κ1) is 21.2.